The van der Waals surface area contributed by atoms with Crippen LogP contribution < -0.4 is 0 Å². The smallest absolute Gasteiger partial charge is 0.323 e. The predicted molar refractivity (Wildman–Crippen MR) is 149 cm³/mol. The van der Waals surface area contributed by atoms with Crippen molar-refractivity contribution >= 4 is 11.8 Å². The molecular formula is C31H20F4N6OS. The van der Waals surface area contributed by atoms with Gasteiger partial charge in [-0.25, -0.2) is 13.5 Å². The molecule has 5 rings (SSSR count). The lowest BCUT2D eigenvalue weighted by Gasteiger charge is -2.35. The molecule has 0 aliphatic carbocycles. The van der Waals surface area contributed by atoms with E-state index in [1.54, 1.807) is 48.5 Å². The standard InChI is InChI=1S/C31H20F4N6OS/c32-25-10-13-27(28(33)15-25)30(42,19-41-20-38-39-40-41)31(34,35)29-14-9-23(17-37-29)4-1-21-7-11-26(12-8-21)43-18-24-5-2-22(16-36)3-6-24/h2-3,5-15,17,20,42H,18-19H2/t30-/m0/s1/i18D2. The largest absolute Gasteiger partial charge is 0.377 e. The highest BCUT2D eigenvalue weighted by atomic mass is 32.2. The molecule has 0 unspecified atom stereocenters. The Kier molecular flexibility index (Phi) is 7.77. The molecule has 0 saturated heterocycles. The van der Waals surface area contributed by atoms with Gasteiger partial charge < -0.3 is 5.11 Å². The van der Waals surface area contributed by atoms with Gasteiger partial charge in [-0.3, -0.25) is 4.98 Å². The molecular weight excluding hydrogens is 580 g/mol. The molecule has 0 bridgehead atoms. The number of nitrogens with zero attached hydrogens (tertiary/aromatic N) is 6. The number of halogens is 4. The Morgan fingerprint density at radius 2 is 1.63 bits per heavy atom. The van der Waals surface area contributed by atoms with Gasteiger partial charge in [-0.2, -0.15) is 14.0 Å². The van der Waals surface area contributed by atoms with Gasteiger partial charge >= 0.3 is 5.92 Å². The van der Waals surface area contributed by atoms with Crippen LogP contribution in [-0.4, -0.2) is 30.3 Å². The van der Waals surface area contributed by atoms with Crippen molar-refractivity contribution in [2.24, 2.45) is 0 Å². The number of rotatable bonds is 8. The van der Waals surface area contributed by atoms with Crippen LogP contribution in [0.15, 0.2) is 96.3 Å². The van der Waals surface area contributed by atoms with Crippen LogP contribution >= 0.6 is 11.8 Å². The molecule has 0 amide bonds. The van der Waals surface area contributed by atoms with Gasteiger partial charge in [0.25, 0.3) is 0 Å². The number of hydrogen-bond acceptors (Lipinski definition) is 7. The van der Waals surface area contributed by atoms with Crippen LogP contribution in [0.4, 0.5) is 17.6 Å². The van der Waals surface area contributed by atoms with Crippen LogP contribution in [0.1, 0.15) is 36.3 Å². The molecule has 1 N–H and O–H groups in total. The molecule has 2 aromatic heterocycles. The highest BCUT2D eigenvalue weighted by Gasteiger charge is 2.58. The lowest BCUT2D eigenvalue weighted by Crippen LogP contribution is -2.48. The molecule has 0 aliphatic rings. The first-order valence-electron chi connectivity index (χ1n) is 13.5. The summed E-state index contributed by atoms with van der Waals surface area (Å²) in [5.74, 6) is -0.905. The monoisotopic (exact) mass is 602 g/mol. The van der Waals surface area contributed by atoms with E-state index in [1.165, 1.54) is 6.07 Å². The number of benzene rings is 3. The fourth-order valence-corrected chi connectivity index (χ4v) is 4.66. The summed E-state index contributed by atoms with van der Waals surface area (Å²) in [4.78, 5) is 4.43. The van der Waals surface area contributed by atoms with E-state index in [0.29, 0.717) is 27.7 Å². The Morgan fingerprint density at radius 3 is 2.26 bits per heavy atom. The van der Waals surface area contributed by atoms with Crippen LogP contribution in [0.3, 0.4) is 0 Å². The minimum absolute atomic E-state index is 0.266. The molecule has 12 heteroatoms. The number of pyridine rings is 1. The van der Waals surface area contributed by atoms with Gasteiger partial charge in [-0.15, -0.1) is 16.9 Å². The van der Waals surface area contributed by atoms with Gasteiger partial charge in [0.15, 0.2) is 5.60 Å². The molecule has 5 aromatic rings. The normalized spacial score (nSPS) is 13.6. The Labute approximate surface area is 250 Å². The van der Waals surface area contributed by atoms with Gasteiger partial charge in [0, 0.05) is 42.3 Å². The number of hydrogen-bond donors (Lipinski definition) is 1. The topological polar surface area (TPSA) is 101 Å². The zero-order chi connectivity index (χ0) is 32.2. The summed E-state index contributed by atoms with van der Waals surface area (Å²) < 4.78 is 77.6. The number of tetrazole rings is 1. The first kappa shape index (κ1) is 26.8. The fourth-order valence-electron chi connectivity index (χ4n) is 4.01. The van der Waals surface area contributed by atoms with Crippen LogP contribution in [-0.2, 0) is 23.8 Å². The van der Waals surface area contributed by atoms with E-state index < -0.39 is 46.7 Å². The van der Waals surface area contributed by atoms with Gasteiger partial charge in [0.2, 0.25) is 0 Å². The SMILES string of the molecule is [2H]C([2H])(Sc1ccc(C#Cc2ccc(C(F)(F)[C@](O)(Cn3cnnn3)c3ccc(F)cc3F)nc2)cc1)c1ccc(C#N)cc1. The lowest BCUT2D eigenvalue weighted by atomic mass is 9.84. The summed E-state index contributed by atoms with van der Waals surface area (Å²) >= 11 is 0.989. The van der Waals surface area contributed by atoms with E-state index in [0.717, 1.165) is 47.2 Å². The summed E-state index contributed by atoms with van der Waals surface area (Å²) in [5, 5.41) is 30.4. The van der Waals surface area contributed by atoms with Crippen LogP contribution in [0.25, 0.3) is 0 Å². The quantitative estimate of drug-likeness (QED) is 0.140. The molecule has 2 heterocycles. The zero-order valence-electron chi connectivity index (χ0n) is 23.9. The summed E-state index contributed by atoms with van der Waals surface area (Å²) in [7, 11) is 0. The maximum Gasteiger partial charge on any atom is 0.323 e. The highest BCUT2D eigenvalue weighted by molar-refractivity contribution is 7.98. The van der Waals surface area contributed by atoms with E-state index in [2.05, 4.69) is 32.4 Å². The molecule has 7 nitrogen and oxygen atoms in total. The maximum atomic E-state index is 15.9. The predicted octanol–water partition coefficient (Wildman–Crippen LogP) is 5.59. The molecule has 0 fully saturated rings. The van der Waals surface area contributed by atoms with Gasteiger partial charge in [0.05, 0.1) is 18.2 Å². The van der Waals surface area contributed by atoms with Crippen LogP contribution in [0.2, 0.25) is 0 Å². The van der Waals surface area contributed by atoms with Crippen molar-refractivity contribution < 1.29 is 25.4 Å². The van der Waals surface area contributed by atoms with E-state index >= 15 is 8.78 Å². The third kappa shape index (κ3) is 6.56. The Hall–Kier alpha value is -5.04. The van der Waals surface area contributed by atoms with E-state index in [9.17, 15) is 13.9 Å². The number of aromatic nitrogens is 5. The van der Waals surface area contributed by atoms with Crippen LogP contribution in [0, 0.1) is 34.8 Å². The van der Waals surface area contributed by atoms with Gasteiger partial charge in [-0.1, -0.05) is 24.0 Å². The minimum Gasteiger partial charge on any atom is -0.377 e. The van der Waals surface area contributed by atoms with Crippen molar-refractivity contribution in [3.8, 4) is 17.9 Å². The average Bonchev–Trinajstić information content (AvgIpc) is 3.53. The third-order valence-corrected chi connectivity index (χ3v) is 7.12. The second-order valence-electron chi connectivity index (χ2n) is 9.17. The average molecular weight is 603 g/mol. The second kappa shape index (κ2) is 12.4. The van der Waals surface area contributed by atoms with Crippen molar-refractivity contribution in [2.45, 2.75) is 28.7 Å². The zero-order valence-corrected chi connectivity index (χ0v) is 22.7. The lowest BCUT2D eigenvalue weighted by molar-refractivity contribution is -0.207. The number of aliphatic hydroxyl groups is 1. The molecule has 43 heavy (non-hydrogen) atoms. The van der Waals surface area contributed by atoms with E-state index in [4.69, 9.17) is 8.00 Å². The van der Waals surface area contributed by atoms with Crippen molar-refractivity contribution in [1.82, 2.24) is 25.2 Å². The van der Waals surface area contributed by atoms with Crippen molar-refractivity contribution in [3.05, 3.63) is 137 Å². The Balaban J connectivity index is 1.34. The molecule has 0 spiro atoms. The number of thioether (sulfide) groups is 1. The Morgan fingerprint density at radius 1 is 0.930 bits per heavy atom. The molecule has 1 atom stereocenters. The van der Waals surface area contributed by atoms with Gasteiger partial charge in [0.1, 0.15) is 23.7 Å². The van der Waals surface area contributed by atoms with Crippen molar-refractivity contribution in [2.75, 3.05) is 0 Å². The Bertz CT molecular complexity index is 1910. The minimum atomic E-state index is -4.19. The molecule has 0 aliphatic heterocycles. The summed E-state index contributed by atoms with van der Waals surface area (Å²) in [6.07, 6.45) is 2.04. The van der Waals surface area contributed by atoms with Gasteiger partial charge in [-0.05, 0) is 76.7 Å². The molecule has 3 aromatic carbocycles. The summed E-state index contributed by atoms with van der Waals surface area (Å²) in [6.45, 7) is -0.970. The summed E-state index contributed by atoms with van der Waals surface area (Å²) in [5.41, 5.74) is -5.10. The van der Waals surface area contributed by atoms with E-state index in [1.807, 2.05) is 6.07 Å². The molecule has 0 saturated carbocycles. The number of alkyl halides is 2. The fraction of sp³-hybridized carbons (Fsp3) is 0.129. The summed E-state index contributed by atoms with van der Waals surface area (Å²) in [6, 6.07) is 19.1. The van der Waals surface area contributed by atoms with Crippen molar-refractivity contribution in [3.63, 3.8) is 0 Å². The van der Waals surface area contributed by atoms with Crippen LogP contribution in [0.5, 0.6) is 0 Å². The highest BCUT2D eigenvalue weighted by Crippen LogP contribution is 2.46. The third-order valence-electron chi connectivity index (χ3n) is 6.27. The molecule has 214 valence electrons. The molecule has 0 radical (unpaired) electrons. The first-order chi connectivity index (χ1) is 21.4. The van der Waals surface area contributed by atoms with E-state index in [-0.39, 0.29) is 5.56 Å². The van der Waals surface area contributed by atoms with Crippen molar-refractivity contribution in [1.29, 1.82) is 5.26 Å². The maximum absolute atomic E-state index is 15.9. The first-order valence-corrected chi connectivity index (χ1v) is 13.3. The number of nitriles is 1. The second-order valence-corrected chi connectivity index (χ2v) is 10.0.